The molecule has 0 aliphatic heterocycles. The molecule has 3 aromatic heterocycles. The number of ether oxygens (including phenoxy) is 1. The van der Waals surface area contributed by atoms with Gasteiger partial charge < -0.3 is 13.7 Å². The Morgan fingerprint density at radius 2 is 1.93 bits per heavy atom. The van der Waals surface area contributed by atoms with Crippen LogP contribution < -0.4 is 4.74 Å². The van der Waals surface area contributed by atoms with Crippen LogP contribution in [0.4, 0.5) is 13.2 Å². The van der Waals surface area contributed by atoms with Crippen molar-refractivity contribution in [3.8, 4) is 28.7 Å². The van der Waals surface area contributed by atoms with E-state index in [0.29, 0.717) is 17.6 Å². The topological polar surface area (TPSA) is 82.5 Å². The summed E-state index contributed by atoms with van der Waals surface area (Å²) in [6.45, 7) is -0.117. The fraction of sp³-hybridized carbons (Fsp3) is 0.111. The largest absolute Gasteiger partial charge is 0.486 e. The van der Waals surface area contributed by atoms with E-state index < -0.39 is 11.7 Å². The SMILES string of the molecule is O=CCOc1ccc(-c2noc(-c3cn4cc(C(F)(F)F)cc(Cl)c4n3)n2)c(Cl)c1. The lowest BCUT2D eigenvalue weighted by molar-refractivity contribution is -0.137. The number of alkyl halides is 3. The summed E-state index contributed by atoms with van der Waals surface area (Å²) in [6.07, 6.45) is -1.79. The van der Waals surface area contributed by atoms with E-state index in [-0.39, 0.29) is 39.7 Å². The molecule has 12 heteroatoms. The average molecular weight is 457 g/mol. The van der Waals surface area contributed by atoms with Crippen LogP contribution in [-0.2, 0) is 11.0 Å². The van der Waals surface area contributed by atoms with Gasteiger partial charge in [0.05, 0.1) is 15.6 Å². The van der Waals surface area contributed by atoms with E-state index in [4.69, 9.17) is 32.5 Å². The first kappa shape index (κ1) is 20.2. The molecular formula is C18H9Cl2F3N4O3. The number of aromatic nitrogens is 4. The van der Waals surface area contributed by atoms with Gasteiger partial charge in [-0.2, -0.15) is 18.2 Å². The van der Waals surface area contributed by atoms with E-state index in [1.165, 1.54) is 12.3 Å². The van der Waals surface area contributed by atoms with Crippen molar-refractivity contribution < 1.29 is 27.2 Å². The van der Waals surface area contributed by atoms with Gasteiger partial charge in [0, 0.05) is 18.0 Å². The number of benzene rings is 1. The minimum atomic E-state index is -4.56. The van der Waals surface area contributed by atoms with E-state index in [1.54, 1.807) is 12.1 Å². The first-order valence-electron chi connectivity index (χ1n) is 8.22. The maximum atomic E-state index is 13.0. The van der Waals surface area contributed by atoms with Crippen LogP contribution in [-0.4, -0.2) is 32.4 Å². The standard InChI is InChI=1S/C18H9Cl2F3N4O3/c19-12-6-10(29-4-3-28)1-2-11(12)15-25-17(30-26-15)14-8-27-7-9(18(21,22)23)5-13(20)16(27)24-14/h1-3,5-8H,4H2. The fourth-order valence-corrected chi connectivity index (χ4v) is 3.16. The Bertz CT molecular complexity index is 1250. The molecule has 0 unspecified atom stereocenters. The molecule has 30 heavy (non-hydrogen) atoms. The van der Waals surface area contributed by atoms with Crippen LogP contribution in [0.25, 0.3) is 28.6 Å². The molecule has 0 atom stereocenters. The van der Waals surface area contributed by atoms with Crippen LogP contribution in [0.2, 0.25) is 10.0 Å². The van der Waals surface area contributed by atoms with Crippen LogP contribution in [0, 0.1) is 0 Å². The summed E-state index contributed by atoms with van der Waals surface area (Å²) in [4.78, 5) is 18.7. The third-order valence-corrected chi connectivity index (χ3v) is 4.57. The summed E-state index contributed by atoms with van der Waals surface area (Å²) >= 11 is 12.2. The normalized spacial score (nSPS) is 11.8. The highest BCUT2D eigenvalue weighted by molar-refractivity contribution is 6.33. The monoisotopic (exact) mass is 456 g/mol. The van der Waals surface area contributed by atoms with Gasteiger partial charge in [-0.05, 0) is 24.3 Å². The van der Waals surface area contributed by atoms with Crippen molar-refractivity contribution in [2.24, 2.45) is 0 Å². The highest BCUT2D eigenvalue weighted by Gasteiger charge is 2.32. The first-order valence-corrected chi connectivity index (χ1v) is 8.98. The lowest BCUT2D eigenvalue weighted by Gasteiger charge is -2.07. The maximum absolute atomic E-state index is 13.0. The number of fused-ring (bicyclic) bond motifs is 1. The molecular weight excluding hydrogens is 448 g/mol. The van der Waals surface area contributed by atoms with Crippen molar-refractivity contribution in [1.29, 1.82) is 0 Å². The van der Waals surface area contributed by atoms with Crippen molar-refractivity contribution >= 4 is 35.1 Å². The minimum Gasteiger partial charge on any atom is -0.486 e. The molecule has 0 saturated carbocycles. The van der Waals surface area contributed by atoms with Crippen LogP contribution in [0.3, 0.4) is 0 Å². The number of pyridine rings is 1. The summed E-state index contributed by atoms with van der Waals surface area (Å²) in [5.74, 6) is 0.488. The predicted octanol–water partition coefficient (Wildman–Crippen LogP) is 4.95. The Morgan fingerprint density at radius 3 is 2.63 bits per heavy atom. The zero-order valence-electron chi connectivity index (χ0n) is 14.7. The Morgan fingerprint density at radius 1 is 1.13 bits per heavy atom. The molecule has 7 nitrogen and oxygen atoms in total. The van der Waals surface area contributed by atoms with Gasteiger partial charge in [0.2, 0.25) is 5.82 Å². The van der Waals surface area contributed by atoms with Gasteiger partial charge in [-0.3, -0.25) is 4.79 Å². The number of carbonyl (C=O) groups excluding carboxylic acids is 1. The van der Waals surface area contributed by atoms with E-state index in [1.807, 2.05) is 0 Å². The van der Waals surface area contributed by atoms with E-state index >= 15 is 0 Å². The predicted molar refractivity (Wildman–Crippen MR) is 101 cm³/mol. The Hall–Kier alpha value is -3.11. The van der Waals surface area contributed by atoms with Crippen LogP contribution in [0.5, 0.6) is 5.75 Å². The van der Waals surface area contributed by atoms with E-state index in [2.05, 4.69) is 15.1 Å². The number of carbonyl (C=O) groups is 1. The van der Waals surface area contributed by atoms with E-state index in [0.717, 1.165) is 16.7 Å². The zero-order chi connectivity index (χ0) is 21.5. The van der Waals surface area contributed by atoms with Crippen molar-refractivity contribution in [2.45, 2.75) is 6.18 Å². The Kier molecular flexibility index (Phi) is 5.12. The maximum Gasteiger partial charge on any atom is 0.417 e. The molecule has 0 radical (unpaired) electrons. The van der Waals surface area contributed by atoms with Gasteiger partial charge >= 0.3 is 6.18 Å². The fourth-order valence-electron chi connectivity index (χ4n) is 2.65. The van der Waals surface area contributed by atoms with Gasteiger partial charge in [0.25, 0.3) is 5.89 Å². The van der Waals surface area contributed by atoms with Crippen LogP contribution in [0.1, 0.15) is 5.56 Å². The highest BCUT2D eigenvalue weighted by atomic mass is 35.5. The van der Waals surface area contributed by atoms with Gasteiger partial charge in [-0.1, -0.05) is 28.4 Å². The molecule has 4 rings (SSSR count). The first-order chi connectivity index (χ1) is 14.3. The summed E-state index contributed by atoms with van der Waals surface area (Å²) in [6, 6.07) is 5.43. The molecule has 0 spiro atoms. The number of imidazole rings is 1. The lowest BCUT2D eigenvalue weighted by atomic mass is 10.2. The third-order valence-electron chi connectivity index (χ3n) is 3.98. The smallest absolute Gasteiger partial charge is 0.417 e. The second kappa shape index (κ2) is 7.62. The number of nitrogens with zero attached hydrogens (tertiary/aromatic N) is 4. The second-order valence-corrected chi connectivity index (χ2v) is 6.79. The number of halogens is 5. The number of hydrogen-bond donors (Lipinski definition) is 0. The molecule has 0 fully saturated rings. The van der Waals surface area contributed by atoms with Gasteiger partial charge in [-0.15, -0.1) is 0 Å². The third kappa shape index (κ3) is 3.83. The van der Waals surface area contributed by atoms with E-state index in [9.17, 15) is 18.0 Å². The Balaban J connectivity index is 1.68. The van der Waals surface area contributed by atoms with Crippen LogP contribution >= 0.6 is 23.2 Å². The lowest BCUT2D eigenvalue weighted by Crippen LogP contribution is -2.06. The Labute approximate surface area is 176 Å². The van der Waals surface area contributed by atoms with Crippen molar-refractivity contribution in [3.63, 3.8) is 0 Å². The summed E-state index contributed by atoms with van der Waals surface area (Å²) < 4.78 is 50.4. The van der Waals surface area contributed by atoms with Gasteiger partial charge in [-0.25, -0.2) is 4.98 Å². The van der Waals surface area contributed by atoms with Gasteiger partial charge in [0.15, 0.2) is 11.9 Å². The number of hydrogen-bond acceptors (Lipinski definition) is 6. The molecule has 3 heterocycles. The van der Waals surface area contributed by atoms with Gasteiger partial charge in [0.1, 0.15) is 18.1 Å². The van der Waals surface area contributed by atoms with Crippen molar-refractivity contribution in [3.05, 3.63) is 52.3 Å². The summed E-state index contributed by atoms with van der Waals surface area (Å²) in [5.41, 5.74) is -0.253. The molecule has 0 N–H and O–H groups in total. The highest BCUT2D eigenvalue weighted by Crippen LogP contribution is 2.34. The number of aldehydes is 1. The molecule has 0 amide bonds. The summed E-state index contributed by atoms with van der Waals surface area (Å²) in [5, 5.41) is 3.91. The molecule has 1 aromatic carbocycles. The minimum absolute atomic E-state index is 0.0318. The molecule has 0 bridgehead atoms. The average Bonchev–Trinajstić information content (AvgIpc) is 3.33. The van der Waals surface area contributed by atoms with Crippen LogP contribution in [0.15, 0.2) is 41.2 Å². The second-order valence-electron chi connectivity index (χ2n) is 5.97. The molecule has 0 saturated heterocycles. The van der Waals surface area contributed by atoms with Crippen molar-refractivity contribution in [2.75, 3.05) is 6.61 Å². The summed E-state index contributed by atoms with van der Waals surface area (Å²) in [7, 11) is 0. The van der Waals surface area contributed by atoms with Crippen molar-refractivity contribution in [1.82, 2.24) is 19.5 Å². The molecule has 154 valence electrons. The molecule has 0 aliphatic carbocycles. The number of rotatable bonds is 5. The molecule has 0 aliphatic rings. The zero-order valence-corrected chi connectivity index (χ0v) is 16.2. The quantitative estimate of drug-likeness (QED) is 0.395. The molecule has 4 aromatic rings.